The maximum absolute atomic E-state index is 13.0. The number of amides is 2. The Balaban J connectivity index is 1.68. The summed E-state index contributed by atoms with van der Waals surface area (Å²) in [6.07, 6.45) is 6.16. The molecule has 4 rings (SSSR count). The summed E-state index contributed by atoms with van der Waals surface area (Å²) < 4.78 is 0. The molecule has 1 aliphatic rings. The molecule has 0 aromatic heterocycles. The van der Waals surface area contributed by atoms with E-state index >= 15 is 0 Å². The summed E-state index contributed by atoms with van der Waals surface area (Å²) in [7, 11) is 0. The molecule has 0 fully saturated rings. The van der Waals surface area contributed by atoms with E-state index in [1.807, 2.05) is 0 Å². The predicted molar refractivity (Wildman–Crippen MR) is 115 cm³/mol. The second kappa shape index (κ2) is 7.94. The van der Waals surface area contributed by atoms with Crippen LogP contribution in [0.25, 0.3) is 0 Å². The maximum atomic E-state index is 13.0. The van der Waals surface area contributed by atoms with Crippen LogP contribution in [0.1, 0.15) is 47.0 Å². The Morgan fingerprint density at radius 1 is 0.935 bits per heavy atom. The Morgan fingerprint density at radius 2 is 1.61 bits per heavy atom. The Morgan fingerprint density at radius 3 is 2.26 bits per heavy atom. The van der Waals surface area contributed by atoms with Gasteiger partial charge in [0.1, 0.15) is 6.29 Å². The Bertz CT molecular complexity index is 1300. The number of hydrogen-bond donors (Lipinski definition) is 1. The molecule has 0 spiro atoms. The first kappa shape index (κ1) is 20.1. The van der Waals surface area contributed by atoms with Crippen LogP contribution in [0.2, 0.25) is 0 Å². The number of carbonyl (C=O) groups is 4. The standard InChI is InChI=1S/C24H13NO5S/c1-2-14-9-16(24(29)30)11-17(10-14)25-22(27)20-8-7-19(12-21(20)23(25)28)31-18-5-3-15(13-26)4-6-18/h1,3-13H,(H,29,30). The zero-order chi connectivity index (χ0) is 22.1. The minimum Gasteiger partial charge on any atom is -0.478 e. The van der Waals surface area contributed by atoms with Crippen LogP contribution in [-0.2, 0) is 0 Å². The summed E-state index contributed by atoms with van der Waals surface area (Å²) in [4.78, 5) is 50.7. The number of carboxylic acid groups (broad SMARTS) is 1. The van der Waals surface area contributed by atoms with Gasteiger partial charge in [-0.1, -0.05) is 29.8 Å². The first-order chi connectivity index (χ1) is 14.9. The molecule has 1 N–H and O–H groups in total. The van der Waals surface area contributed by atoms with Crippen LogP contribution in [0, 0.1) is 12.3 Å². The smallest absolute Gasteiger partial charge is 0.335 e. The van der Waals surface area contributed by atoms with Gasteiger partial charge >= 0.3 is 5.97 Å². The SMILES string of the molecule is C#Cc1cc(C(=O)O)cc(N2C(=O)c3ccc(Sc4ccc(C=O)cc4)cc3C2=O)c1. The molecule has 2 amide bonds. The molecule has 150 valence electrons. The topological polar surface area (TPSA) is 91.8 Å². The molecule has 0 aliphatic carbocycles. The van der Waals surface area contributed by atoms with Crippen molar-refractivity contribution in [2.75, 3.05) is 4.90 Å². The largest absolute Gasteiger partial charge is 0.478 e. The molecule has 0 saturated carbocycles. The molecule has 0 saturated heterocycles. The van der Waals surface area contributed by atoms with Crippen molar-refractivity contribution in [2.24, 2.45) is 0 Å². The number of hydrogen-bond acceptors (Lipinski definition) is 5. The average Bonchev–Trinajstić information content (AvgIpc) is 3.03. The van der Waals surface area contributed by atoms with Gasteiger partial charge in [0.05, 0.1) is 22.4 Å². The number of aldehydes is 1. The molecule has 0 unspecified atom stereocenters. The lowest BCUT2D eigenvalue weighted by Gasteiger charge is -2.15. The molecule has 6 nitrogen and oxygen atoms in total. The third-order valence-electron chi connectivity index (χ3n) is 4.70. The summed E-state index contributed by atoms with van der Waals surface area (Å²) >= 11 is 1.38. The molecule has 7 heteroatoms. The predicted octanol–water partition coefficient (Wildman–Crippen LogP) is 4.13. The lowest BCUT2D eigenvalue weighted by atomic mass is 10.1. The van der Waals surface area contributed by atoms with E-state index in [0.717, 1.165) is 21.0 Å². The number of nitrogens with zero attached hydrogens (tertiary/aromatic N) is 1. The number of carbonyl (C=O) groups excluding carboxylic acids is 3. The van der Waals surface area contributed by atoms with Crippen LogP contribution in [0.3, 0.4) is 0 Å². The van der Waals surface area contributed by atoms with Crippen molar-refractivity contribution < 1.29 is 24.3 Å². The summed E-state index contributed by atoms with van der Waals surface area (Å²) in [5, 5.41) is 9.31. The second-order valence-electron chi connectivity index (χ2n) is 6.66. The molecule has 0 bridgehead atoms. The van der Waals surface area contributed by atoms with E-state index in [1.54, 1.807) is 42.5 Å². The number of benzene rings is 3. The Labute approximate surface area is 181 Å². The molecule has 1 aliphatic heterocycles. The van der Waals surface area contributed by atoms with Crippen LogP contribution in [0.5, 0.6) is 0 Å². The van der Waals surface area contributed by atoms with E-state index in [1.165, 1.54) is 30.0 Å². The molecule has 0 radical (unpaired) electrons. The summed E-state index contributed by atoms with van der Waals surface area (Å²) in [6, 6.07) is 15.9. The highest BCUT2D eigenvalue weighted by atomic mass is 32.2. The molecule has 0 atom stereocenters. The van der Waals surface area contributed by atoms with Crippen molar-refractivity contribution in [1.29, 1.82) is 0 Å². The number of anilines is 1. The lowest BCUT2D eigenvalue weighted by Crippen LogP contribution is -2.29. The monoisotopic (exact) mass is 427 g/mol. The van der Waals surface area contributed by atoms with Crippen LogP contribution < -0.4 is 4.90 Å². The van der Waals surface area contributed by atoms with Gasteiger partial charge < -0.3 is 5.11 Å². The van der Waals surface area contributed by atoms with E-state index in [4.69, 9.17) is 6.42 Å². The number of carboxylic acids is 1. The molecular formula is C24H13NO5S. The van der Waals surface area contributed by atoms with Gasteiger partial charge in [0, 0.05) is 20.9 Å². The van der Waals surface area contributed by atoms with Gasteiger partial charge in [0.25, 0.3) is 11.8 Å². The highest BCUT2D eigenvalue weighted by Crippen LogP contribution is 2.34. The van der Waals surface area contributed by atoms with E-state index in [2.05, 4.69) is 5.92 Å². The molecule has 3 aromatic rings. The van der Waals surface area contributed by atoms with Gasteiger partial charge in [0.2, 0.25) is 0 Å². The number of aromatic carboxylic acids is 1. The van der Waals surface area contributed by atoms with Gasteiger partial charge in [-0.15, -0.1) is 6.42 Å². The van der Waals surface area contributed by atoms with Crippen LogP contribution in [-0.4, -0.2) is 29.2 Å². The fourth-order valence-corrected chi connectivity index (χ4v) is 4.07. The van der Waals surface area contributed by atoms with Crippen LogP contribution >= 0.6 is 11.8 Å². The highest BCUT2D eigenvalue weighted by Gasteiger charge is 2.37. The maximum Gasteiger partial charge on any atom is 0.335 e. The van der Waals surface area contributed by atoms with Crippen molar-refractivity contribution in [3.05, 3.63) is 88.5 Å². The van der Waals surface area contributed by atoms with Crippen molar-refractivity contribution in [2.45, 2.75) is 9.79 Å². The lowest BCUT2D eigenvalue weighted by molar-refractivity contribution is 0.0695. The highest BCUT2D eigenvalue weighted by molar-refractivity contribution is 7.99. The molecule has 1 heterocycles. The molecular weight excluding hydrogens is 414 g/mol. The quantitative estimate of drug-likeness (QED) is 0.374. The summed E-state index contributed by atoms with van der Waals surface area (Å²) in [5.74, 6) is 0.0344. The fourth-order valence-electron chi connectivity index (χ4n) is 3.22. The Kier molecular flexibility index (Phi) is 5.15. The van der Waals surface area contributed by atoms with Crippen molar-refractivity contribution in [3.63, 3.8) is 0 Å². The van der Waals surface area contributed by atoms with Crippen LogP contribution in [0.15, 0.2) is 70.5 Å². The zero-order valence-corrected chi connectivity index (χ0v) is 16.7. The van der Waals surface area contributed by atoms with Crippen molar-refractivity contribution in [3.8, 4) is 12.3 Å². The zero-order valence-electron chi connectivity index (χ0n) is 15.9. The van der Waals surface area contributed by atoms with Crippen LogP contribution in [0.4, 0.5) is 5.69 Å². The van der Waals surface area contributed by atoms with Crippen molar-refractivity contribution >= 4 is 41.5 Å². The van der Waals surface area contributed by atoms with E-state index in [-0.39, 0.29) is 27.9 Å². The van der Waals surface area contributed by atoms with Crippen molar-refractivity contribution in [1.82, 2.24) is 0 Å². The minimum atomic E-state index is -1.21. The number of imide groups is 1. The van der Waals surface area contributed by atoms with E-state index < -0.39 is 17.8 Å². The Hall–Kier alpha value is -4.15. The average molecular weight is 427 g/mol. The third kappa shape index (κ3) is 3.72. The normalized spacial score (nSPS) is 12.4. The summed E-state index contributed by atoms with van der Waals surface area (Å²) in [5.41, 5.74) is 1.26. The first-order valence-electron chi connectivity index (χ1n) is 9.02. The summed E-state index contributed by atoms with van der Waals surface area (Å²) in [6.45, 7) is 0. The molecule has 31 heavy (non-hydrogen) atoms. The van der Waals surface area contributed by atoms with E-state index in [9.17, 15) is 24.3 Å². The fraction of sp³-hybridized carbons (Fsp3) is 0. The van der Waals surface area contributed by atoms with Gasteiger partial charge in [-0.2, -0.15) is 0 Å². The first-order valence-corrected chi connectivity index (χ1v) is 9.84. The van der Waals surface area contributed by atoms with Gasteiger partial charge in [-0.25, -0.2) is 9.69 Å². The van der Waals surface area contributed by atoms with Gasteiger partial charge in [-0.05, 0) is 48.5 Å². The number of fused-ring (bicyclic) bond motifs is 1. The van der Waals surface area contributed by atoms with Gasteiger partial charge in [-0.3, -0.25) is 14.4 Å². The second-order valence-corrected chi connectivity index (χ2v) is 7.81. The van der Waals surface area contributed by atoms with Gasteiger partial charge in [0.15, 0.2) is 0 Å². The number of rotatable bonds is 5. The van der Waals surface area contributed by atoms with E-state index in [0.29, 0.717) is 5.56 Å². The minimum absolute atomic E-state index is 0.109. The third-order valence-corrected chi connectivity index (χ3v) is 5.70. The molecule has 3 aromatic carbocycles. The number of terminal acetylenes is 1.